The normalized spacial score (nSPS) is 15.6. The maximum absolute atomic E-state index is 13.5. The third-order valence-electron chi connectivity index (χ3n) is 6.18. The van der Waals surface area contributed by atoms with Crippen molar-refractivity contribution in [1.82, 2.24) is 28.7 Å². The van der Waals surface area contributed by atoms with Gasteiger partial charge in [0.2, 0.25) is 0 Å². The summed E-state index contributed by atoms with van der Waals surface area (Å²) in [6.45, 7) is 9.15. The van der Waals surface area contributed by atoms with E-state index in [9.17, 15) is 4.79 Å². The molecule has 33 heavy (non-hydrogen) atoms. The van der Waals surface area contributed by atoms with Crippen LogP contribution < -0.4 is 5.69 Å². The van der Waals surface area contributed by atoms with E-state index >= 15 is 0 Å². The molecule has 10 heteroatoms. The van der Waals surface area contributed by atoms with Gasteiger partial charge in [-0.15, -0.1) is 0 Å². The molecule has 0 unspecified atom stereocenters. The third-order valence-corrected chi connectivity index (χ3v) is 7.89. The molecule has 1 saturated heterocycles. The van der Waals surface area contributed by atoms with Crippen LogP contribution >= 0.6 is 0 Å². The minimum absolute atomic E-state index is 0.0605. The summed E-state index contributed by atoms with van der Waals surface area (Å²) in [5.41, 5.74) is 3.92. The second kappa shape index (κ2) is 8.84. The van der Waals surface area contributed by atoms with Crippen LogP contribution in [0, 0.1) is 0 Å². The quantitative estimate of drug-likeness (QED) is 0.306. The van der Waals surface area contributed by atoms with E-state index in [2.05, 4.69) is 29.7 Å². The average molecular weight is 467 g/mol. The Labute approximate surface area is 193 Å². The Morgan fingerprint density at radius 3 is 2.76 bits per heavy atom. The Kier molecular flexibility index (Phi) is 5.89. The van der Waals surface area contributed by atoms with Crippen molar-refractivity contribution in [2.75, 3.05) is 19.8 Å². The van der Waals surface area contributed by atoms with Crippen molar-refractivity contribution < 1.29 is 9.47 Å². The fraction of sp³-hybridized carbons (Fsp3) is 0.478. The summed E-state index contributed by atoms with van der Waals surface area (Å²) in [6, 6.07) is 5.03. The summed E-state index contributed by atoms with van der Waals surface area (Å²) in [7, 11) is -1.20. The predicted molar refractivity (Wildman–Crippen MR) is 129 cm³/mol. The van der Waals surface area contributed by atoms with E-state index in [0.717, 1.165) is 41.2 Å². The van der Waals surface area contributed by atoms with Crippen LogP contribution in [0.15, 0.2) is 41.7 Å². The third kappa shape index (κ3) is 4.38. The number of hydrogen-bond donors (Lipinski definition) is 0. The van der Waals surface area contributed by atoms with Gasteiger partial charge < -0.3 is 9.47 Å². The summed E-state index contributed by atoms with van der Waals surface area (Å²) in [6.07, 6.45) is 8.66. The zero-order chi connectivity index (χ0) is 23.0. The van der Waals surface area contributed by atoms with Gasteiger partial charge in [-0.1, -0.05) is 19.6 Å². The average Bonchev–Trinajstić information content (AvgIpc) is 3.35. The summed E-state index contributed by atoms with van der Waals surface area (Å²) < 4.78 is 16.8. The van der Waals surface area contributed by atoms with Crippen LogP contribution in [0.5, 0.6) is 0 Å². The molecular formula is C23H30N6O3Si. The monoisotopic (exact) mass is 466 g/mol. The summed E-state index contributed by atoms with van der Waals surface area (Å²) in [5, 5.41) is 4.41. The van der Waals surface area contributed by atoms with E-state index in [4.69, 9.17) is 14.5 Å². The van der Waals surface area contributed by atoms with Crippen molar-refractivity contribution in [1.29, 1.82) is 0 Å². The molecule has 174 valence electrons. The lowest BCUT2D eigenvalue weighted by molar-refractivity contribution is 0.0669. The molecule has 0 bridgehead atoms. The number of ether oxygens (including phenoxy) is 2. The molecule has 0 atom stereocenters. The molecule has 5 rings (SSSR count). The van der Waals surface area contributed by atoms with E-state index in [1.54, 1.807) is 27.7 Å². The Balaban J connectivity index is 1.56. The van der Waals surface area contributed by atoms with Crippen LogP contribution in [-0.4, -0.2) is 56.6 Å². The molecule has 4 aromatic heterocycles. The first-order valence-corrected chi connectivity index (χ1v) is 15.2. The van der Waals surface area contributed by atoms with E-state index in [1.165, 1.54) is 0 Å². The van der Waals surface area contributed by atoms with Gasteiger partial charge in [0, 0.05) is 51.9 Å². The van der Waals surface area contributed by atoms with Gasteiger partial charge in [-0.3, -0.25) is 14.1 Å². The molecule has 0 N–H and O–H groups in total. The number of aromatic nitrogens is 6. The fourth-order valence-corrected chi connectivity index (χ4v) is 5.02. The highest BCUT2D eigenvalue weighted by Crippen LogP contribution is 2.28. The van der Waals surface area contributed by atoms with E-state index in [1.807, 2.05) is 22.9 Å². The van der Waals surface area contributed by atoms with Crippen molar-refractivity contribution in [2.45, 2.75) is 51.3 Å². The van der Waals surface area contributed by atoms with Crippen LogP contribution in [0.2, 0.25) is 25.7 Å². The van der Waals surface area contributed by atoms with Crippen LogP contribution in [-0.2, 0) is 16.2 Å². The second-order valence-electron chi connectivity index (χ2n) is 9.78. The van der Waals surface area contributed by atoms with Crippen molar-refractivity contribution in [3.63, 3.8) is 0 Å². The van der Waals surface area contributed by atoms with Gasteiger partial charge in [0.05, 0.1) is 29.1 Å². The Hall–Kier alpha value is -2.82. The van der Waals surface area contributed by atoms with E-state index < -0.39 is 8.07 Å². The molecular weight excluding hydrogens is 436 g/mol. The molecule has 0 aromatic carbocycles. The van der Waals surface area contributed by atoms with Gasteiger partial charge in [-0.25, -0.2) is 14.3 Å². The number of rotatable bonds is 7. The molecule has 1 fully saturated rings. The summed E-state index contributed by atoms with van der Waals surface area (Å²) in [4.78, 5) is 22.7. The maximum Gasteiger partial charge on any atom is 0.332 e. The molecule has 9 nitrogen and oxygen atoms in total. The van der Waals surface area contributed by atoms with Crippen molar-refractivity contribution in [2.24, 2.45) is 0 Å². The first kappa shape index (κ1) is 22.0. The maximum atomic E-state index is 13.5. The largest absolute Gasteiger partial charge is 0.381 e. The lowest BCUT2D eigenvalue weighted by Crippen LogP contribution is -2.31. The molecule has 1 aliphatic heterocycles. The molecule has 0 aliphatic carbocycles. The number of imidazole rings is 1. The minimum Gasteiger partial charge on any atom is -0.381 e. The summed E-state index contributed by atoms with van der Waals surface area (Å²) >= 11 is 0. The molecule has 5 heterocycles. The molecule has 1 aliphatic rings. The number of fused-ring (bicyclic) bond motifs is 2. The highest BCUT2D eigenvalue weighted by Gasteiger charge is 2.24. The molecule has 0 saturated carbocycles. The lowest BCUT2D eigenvalue weighted by atomic mass is 10.1. The number of nitrogens with zero attached hydrogens (tertiary/aromatic N) is 6. The van der Waals surface area contributed by atoms with E-state index in [0.29, 0.717) is 25.5 Å². The van der Waals surface area contributed by atoms with Crippen molar-refractivity contribution >= 4 is 24.8 Å². The number of hydrogen-bond acceptors (Lipinski definition) is 6. The van der Waals surface area contributed by atoms with Crippen molar-refractivity contribution in [3.05, 3.63) is 47.4 Å². The zero-order valence-electron chi connectivity index (χ0n) is 19.4. The smallest absolute Gasteiger partial charge is 0.332 e. The first-order valence-electron chi connectivity index (χ1n) is 11.5. The zero-order valence-corrected chi connectivity index (χ0v) is 20.4. The van der Waals surface area contributed by atoms with Gasteiger partial charge >= 0.3 is 5.69 Å². The Bertz CT molecular complexity index is 1330. The molecule has 4 aromatic rings. The van der Waals surface area contributed by atoms with Crippen LogP contribution in [0.3, 0.4) is 0 Å². The lowest BCUT2D eigenvalue weighted by Gasteiger charge is -2.23. The second-order valence-corrected chi connectivity index (χ2v) is 15.4. The SMILES string of the molecule is C[Si](C)(C)CCOCn1c(=O)n(C2CCOCC2)c2nc(-c3cnn4ccncc34)ccc21. The van der Waals surface area contributed by atoms with Crippen molar-refractivity contribution in [3.8, 4) is 11.3 Å². The molecule has 0 spiro atoms. The molecule has 0 amide bonds. The van der Waals surface area contributed by atoms with Crippen LogP contribution in [0.1, 0.15) is 18.9 Å². The number of pyridine rings is 1. The fourth-order valence-electron chi connectivity index (χ4n) is 4.27. The van der Waals surface area contributed by atoms with Crippen LogP contribution in [0.4, 0.5) is 0 Å². The standard InChI is InChI=1S/C23H30N6O3Si/c1-33(2,3)13-12-32-16-27-20-5-4-19(18-14-25-28-9-8-24-15-21(18)28)26-22(20)29(23(27)30)17-6-10-31-11-7-17/h4-5,8-9,14-15,17H,6-7,10-13,16H2,1-3H3. The molecule has 0 radical (unpaired) electrons. The van der Waals surface area contributed by atoms with Gasteiger partial charge in [-0.2, -0.15) is 5.10 Å². The Morgan fingerprint density at radius 1 is 1.15 bits per heavy atom. The highest BCUT2D eigenvalue weighted by atomic mass is 28.3. The van der Waals surface area contributed by atoms with Gasteiger partial charge in [0.1, 0.15) is 6.73 Å². The Morgan fingerprint density at radius 2 is 1.97 bits per heavy atom. The summed E-state index contributed by atoms with van der Waals surface area (Å²) in [5.74, 6) is 0. The van der Waals surface area contributed by atoms with E-state index in [-0.39, 0.29) is 18.5 Å². The first-order chi connectivity index (χ1) is 15.9. The van der Waals surface area contributed by atoms with Crippen LogP contribution in [0.25, 0.3) is 27.9 Å². The topological polar surface area (TPSA) is 88.5 Å². The minimum atomic E-state index is -1.20. The van der Waals surface area contributed by atoms with Gasteiger partial charge in [0.25, 0.3) is 0 Å². The predicted octanol–water partition coefficient (Wildman–Crippen LogP) is 3.57. The van der Waals surface area contributed by atoms with Gasteiger partial charge in [0.15, 0.2) is 5.65 Å². The highest BCUT2D eigenvalue weighted by molar-refractivity contribution is 6.76. The van der Waals surface area contributed by atoms with Gasteiger partial charge in [-0.05, 0) is 31.0 Å².